The second kappa shape index (κ2) is 6.82. The highest BCUT2D eigenvalue weighted by atomic mass is 35.5. The van der Waals surface area contributed by atoms with Crippen molar-refractivity contribution in [2.45, 2.75) is 0 Å². The van der Waals surface area contributed by atoms with E-state index in [0.717, 1.165) is 0 Å². The van der Waals surface area contributed by atoms with Crippen molar-refractivity contribution in [3.05, 3.63) is 53.1 Å². The summed E-state index contributed by atoms with van der Waals surface area (Å²) in [7, 11) is 0. The summed E-state index contributed by atoms with van der Waals surface area (Å²) in [5.41, 5.74) is 0.839. The van der Waals surface area contributed by atoms with Crippen molar-refractivity contribution < 1.29 is 24.2 Å². The first-order valence-corrected chi connectivity index (χ1v) is 7.69. The van der Waals surface area contributed by atoms with Crippen LogP contribution in [0.25, 0.3) is 0 Å². The summed E-state index contributed by atoms with van der Waals surface area (Å²) in [6.45, 7) is -0.136. The van der Waals surface area contributed by atoms with Crippen LogP contribution in [0.3, 0.4) is 0 Å². The summed E-state index contributed by atoms with van der Waals surface area (Å²) < 4.78 is 5.12. The van der Waals surface area contributed by atoms with Crippen LogP contribution in [-0.4, -0.2) is 36.0 Å². The molecule has 1 heterocycles. The Hall–Kier alpha value is -3.06. The summed E-state index contributed by atoms with van der Waals surface area (Å²) >= 11 is 5.80. The van der Waals surface area contributed by atoms with E-state index in [1.54, 1.807) is 29.2 Å². The highest BCUT2D eigenvalue weighted by Crippen LogP contribution is 2.31. The molecule has 0 aliphatic carbocycles. The van der Waals surface area contributed by atoms with Crippen molar-refractivity contribution >= 4 is 40.8 Å². The quantitative estimate of drug-likeness (QED) is 0.642. The van der Waals surface area contributed by atoms with Gasteiger partial charge in [0.15, 0.2) is 5.75 Å². The number of nitrogens with one attached hydrogen (secondary N) is 1. The number of halogens is 1. The second-order valence-corrected chi connectivity index (χ2v) is 5.75. The number of aromatic carboxylic acids is 1. The second-order valence-electron chi connectivity index (χ2n) is 5.35. The minimum Gasteiger partial charge on any atom is -0.478 e. The number of carboxylic acids is 1. The topological polar surface area (TPSA) is 95.9 Å². The summed E-state index contributed by atoms with van der Waals surface area (Å²) in [6.07, 6.45) is 0. The first-order chi connectivity index (χ1) is 11.9. The van der Waals surface area contributed by atoms with E-state index in [1.807, 2.05) is 0 Å². The van der Waals surface area contributed by atoms with Crippen molar-refractivity contribution in [2.75, 3.05) is 23.3 Å². The van der Waals surface area contributed by atoms with Gasteiger partial charge in [-0.2, -0.15) is 0 Å². The lowest BCUT2D eigenvalue weighted by Gasteiger charge is -2.29. The van der Waals surface area contributed by atoms with E-state index >= 15 is 0 Å². The number of nitrogens with zero attached hydrogens (tertiary/aromatic N) is 1. The number of hydrogen-bond donors (Lipinski definition) is 2. The smallest absolute Gasteiger partial charge is 0.337 e. The van der Waals surface area contributed by atoms with E-state index in [4.69, 9.17) is 21.4 Å². The molecule has 7 nitrogen and oxygen atoms in total. The lowest BCUT2D eigenvalue weighted by atomic mass is 10.2. The molecule has 0 radical (unpaired) electrons. The van der Waals surface area contributed by atoms with Crippen LogP contribution in [0.15, 0.2) is 42.5 Å². The molecule has 0 fully saturated rings. The third-order valence-electron chi connectivity index (χ3n) is 3.56. The van der Waals surface area contributed by atoms with Gasteiger partial charge in [0, 0.05) is 5.69 Å². The molecule has 128 valence electrons. The van der Waals surface area contributed by atoms with Crippen molar-refractivity contribution in [2.24, 2.45) is 0 Å². The van der Waals surface area contributed by atoms with Crippen molar-refractivity contribution in [3.8, 4) is 5.75 Å². The SMILES string of the molecule is O=C(CN1CC(=O)Oc2ccccc21)Nc1ccc(Cl)c(C(=O)O)c1. The van der Waals surface area contributed by atoms with Gasteiger partial charge in [-0.1, -0.05) is 23.7 Å². The molecule has 0 atom stereocenters. The van der Waals surface area contributed by atoms with E-state index in [9.17, 15) is 14.4 Å². The van der Waals surface area contributed by atoms with Crippen LogP contribution in [0.4, 0.5) is 11.4 Å². The number of esters is 1. The zero-order valence-corrected chi connectivity index (χ0v) is 13.6. The summed E-state index contributed by atoms with van der Waals surface area (Å²) in [4.78, 5) is 36.6. The van der Waals surface area contributed by atoms with Crippen LogP contribution in [-0.2, 0) is 9.59 Å². The first-order valence-electron chi connectivity index (χ1n) is 7.31. The van der Waals surface area contributed by atoms with Crippen LogP contribution < -0.4 is 15.0 Å². The molecule has 0 bridgehead atoms. The number of benzene rings is 2. The lowest BCUT2D eigenvalue weighted by molar-refractivity contribution is -0.133. The molecule has 8 heteroatoms. The standard InChI is InChI=1S/C17H13ClN2O5/c18-12-6-5-10(7-11(12)17(23)24)19-15(21)8-20-9-16(22)25-14-4-2-1-3-13(14)20/h1-7H,8-9H2,(H,19,21)(H,23,24). The molecule has 0 saturated heterocycles. The molecule has 3 rings (SSSR count). The van der Waals surface area contributed by atoms with Gasteiger partial charge >= 0.3 is 11.9 Å². The van der Waals surface area contributed by atoms with Gasteiger partial charge in [0.25, 0.3) is 0 Å². The van der Waals surface area contributed by atoms with Gasteiger partial charge in [0.2, 0.25) is 5.91 Å². The predicted molar refractivity (Wildman–Crippen MR) is 91.3 cm³/mol. The van der Waals surface area contributed by atoms with Crippen molar-refractivity contribution in [1.29, 1.82) is 0 Å². The molecule has 2 aromatic carbocycles. The van der Waals surface area contributed by atoms with Gasteiger partial charge in [-0.15, -0.1) is 0 Å². The molecule has 0 aromatic heterocycles. The molecular formula is C17H13ClN2O5. The lowest BCUT2D eigenvalue weighted by Crippen LogP contribution is -2.41. The summed E-state index contributed by atoms with van der Waals surface area (Å²) in [6, 6.07) is 11.1. The molecule has 0 spiro atoms. The van der Waals surface area contributed by atoms with Crippen molar-refractivity contribution in [3.63, 3.8) is 0 Å². The maximum absolute atomic E-state index is 12.3. The van der Waals surface area contributed by atoms with Gasteiger partial charge in [-0.25, -0.2) is 9.59 Å². The number of hydrogen-bond acceptors (Lipinski definition) is 5. The molecule has 0 unspecified atom stereocenters. The normalized spacial score (nSPS) is 13.0. The number of ether oxygens (including phenoxy) is 1. The van der Waals surface area contributed by atoms with Crippen LogP contribution in [0, 0.1) is 0 Å². The fraction of sp³-hybridized carbons (Fsp3) is 0.118. The number of amides is 1. The molecule has 1 aliphatic rings. The molecule has 0 saturated carbocycles. The van der Waals surface area contributed by atoms with Crippen LogP contribution >= 0.6 is 11.6 Å². The number of para-hydroxylation sites is 2. The zero-order valence-electron chi connectivity index (χ0n) is 12.9. The van der Waals surface area contributed by atoms with Gasteiger partial charge in [-0.3, -0.25) is 4.79 Å². The van der Waals surface area contributed by atoms with E-state index in [-0.39, 0.29) is 23.7 Å². The number of carbonyl (C=O) groups excluding carboxylic acids is 2. The fourth-order valence-electron chi connectivity index (χ4n) is 2.48. The predicted octanol–water partition coefficient (Wildman–Crippen LogP) is 2.40. The van der Waals surface area contributed by atoms with Crippen LogP contribution in [0.2, 0.25) is 5.02 Å². The maximum atomic E-state index is 12.3. The Morgan fingerprint density at radius 1 is 1.24 bits per heavy atom. The molecule has 1 aliphatic heterocycles. The van der Waals surface area contributed by atoms with E-state index in [2.05, 4.69) is 5.32 Å². The Bertz CT molecular complexity index is 868. The monoisotopic (exact) mass is 360 g/mol. The Kier molecular flexibility index (Phi) is 4.58. The Balaban J connectivity index is 1.74. The van der Waals surface area contributed by atoms with Crippen molar-refractivity contribution in [1.82, 2.24) is 0 Å². The Morgan fingerprint density at radius 2 is 2.00 bits per heavy atom. The first kappa shape index (κ1) is 16.8. The molecule has 1 amide bonds. The number of anilines is 2. The van der Waals surface area contributed by atoms with Gasteiger partial charge < -0.3 is 20.1 Å². The molecule has 2 N–H and O–H groups in total. The van der Waals surface area contributed by atoms with Crippen LogP contribution in [0.5, 0.6) is 5.75 Å². The Labute approximate surface area is 147 Å². The van der Waals surface area contributed by atoms with E-state index < -0.39 is 17.8 Å². The molecular weight excluding hydrogens is 348 g/mol. The van der Waals surface area contributed by atoms with Gasteiger partial charge in [-0.05, 0) is 30.3 Å². The minimum absolute atomic E-state index is 0.0502. The number of carboxylic acid groups (broad SMARTS) is 1. The fourth-order valence-corrected chi connectivity index (χ4v) is 2.68. The molecule has 25 heavy (non-hydrogen) atoms. The van der Waals surface area contributed by atoms with E-state index in [0.29, 0.717) is 17.1 Å². The number of rotatable bonds is 4. The van der Waals surface area contributed by atoms with E-state index in [1.165, 1.54) is 18.2 Å². The van der Waals surface area contributed by atoms with Gasteiger partial charge in [0.1, 0.15) is 6.54 Å². The van der Waals surface area contributed by atoms with Crippen LogP contribution in [0.1, 0.15) is 10.4 Å². The number of fused-ring (bicyclic) bond motifs is 1. The summed E-state index contributed by atoms with van der Waals surface area (Å²) in [5, 5.41) is 11.8. The largest absolute Gasteiger partial charge is 0.478 e. The third-order valence-corrected chi connectivity index (χ3v) is 3.89. The Morgan fingerprint density at radius 3 is 2.76 bits per heavy atom. The van der Waals surface area contributed by atoms with Gasteiger partial charge in [0.05, 0.1) is 22.8 Å². The average Bonchev–Trinajstić information content (AvgIpc) is 2.56. The zero-order chi connectivity index (χ0) is 18.0. The highest BCUT2D eigenvalue weighted by Gasteiger charge is 2.25. The highest BCUT2D eigenvalue weighted by molar-refractivity contribution is 6.33. The maximum Gasteiger partial charge on any atom is 0.337 e. The minimum atomic E-state index is -1.19. The molecule has 2 aromatic rings. The summed E-state index contributed by atoms with van der Waals surface area (Å²) in [5.74, 6) is -1.64. The number of carbonyl (C=O) groups is 3. The average molecular weight is 361 g/mol. The third kappa shape index (κ3) is 3.72.